The minimum atomic E-state index is -0.387. The highest BCUT2D eigenvalue weighted by molar-refractivity contribution is 7.80. The Labute approximate surface area is 131 Å². The number of benzene rings is 1. The average molecular weight is 306 g/mol. The Morgan fingerprint density at radius 1 is 1.33 bits per heavy atom. The fourth-order valence-electron chi connectivity index (χ4n) is 2.73. The zero-order valence-corrected chi connectivity index (χ0v) is 13.6. The molecule has 0 aliphatic carbocycles. The molecule has 0 N–H and O–H groups in total. The molecule has 2 atom stereocenters. The lowest BCUT2D eigenvalue weighted by Gasteiger charge is -2.24. The number of hydrogen-bond donors (Lipinski definition) is 0. The van der Waals surface area contributed by atoms with Gasteiger partial charge in [-0.1, -0.05) is 31.5 Å². The predicted molar refractivity (Wildman–Crippen MR) is 88.4 cm³/mol. The van der Waals surface area contributed by atoms with Gasteiger partial charge in [0.15, 0.2) is 11.2 Å². The van der Waals surface area contributed by atoms with E-state index >= 15 is 0 Å². The van der Waals surface area contributed by atoms with Crippen molar-refractivity contribution >= 4 is 29.0 Å². The highest BCUT2D eigenvalue weighted by Crippen LogP contribution is 2.30. The van der Waals surface area contributed by atoms with Crippen molar-refractivity contribution in [3.05, 3.63) is 30.3 Å². The van der Waals surface area contributed by atoms with E-state index in [1.165, 1.54) is 7.11 Å². The molecule has 21 heavy (non-hydrogen) atoms. The van der Waals surface area contributed by atoms with E-state index in [1.807, 2.05) is 42.2 Å². The van der Waals surface area contributed by atoms with Crippen LogP contribution >= 0.6 is 12.2 Å². The van der Waals surface area contributed by atoms with E-state index in [9.17, 15) is 4.79 Å². The third-order valence-corrected chi connectivity index (χ3v) is 4.34. The van der Waals surface area contributed by atoms with Crippen molar-refractivity contribution in [2.24, 2.45) is 0 Å². The summed E-state index contributed by atoms with van der Waals surface area (Å²) in [7, 11) is 1.43. The minimum absolute atomic E-state index is 0.0108. The second kappa shape index (κ2) is 6.89. The largest absolute Gasteiger partial charge is 0.467 e. The first-order valence-electron chi connectivity index (χ1n) is 7.34. The first-order chi connectivity index (χ1) is 10.1. The molecular weight excluding hydrogens is 284 g/mol. The van der Waals surface area contributed by atoms with Gasteiger partial charge in [0.25, 0.3) is 0 Å². The smallest absolute Gasteiger partial charge is 0.331 e. The van der Waals surface area contributed by atoms with Crippen LogP contribution in [0.4, 0.5) is 5.69 Å². The molecule has 0 saturated carbocycles. The zero-order chi connectivity index (χ0) is 15.4. The lowest BCUT2D eigenvalue weighted by atomic mass is 10.1. The molecule has 1 saturated heterocycles. The molecule has 0 unspecified atom stereocenters. The first kappa shape index (κ1) is 15.8. The van der Waals surface area contributed by atoms with Crippen LogP contribution in [0.2, 0.25) is 0 Å². The number of unbranched alkanes of at least 4 members (excludes halogenated alkanes) is 1. The number of methoxy groups -OCH3 is 1. The van der Waals surface area contributed by atoms with Crippen LogP contribution in [0.5, 0.6) is 0 Å². The fourth-order valence-corrected chi connectivity index (χ4v) is 3.20. The lowest BCUT2D eigenvalue weighted by molar-refractivity contribution is -0.142. The van der Waals surface area contributed by atoms with Crippen LogP contribution in [-0.2, 0) is 9.53 Å². The van der Waals surface area contributed by atoms with Gasteiger partial charge in [-0.25, -0.2) is 4.79 Å². The molecule has 0 aromatic heterocycles. The van der Waals surface area contributed by atoms with Gasteiger partial charge >= 0.3 is 5.97 Å². The zero-order valence-electron chi connectivity index (χ0n) is 12.8. The summed E-state index contributed by atoms with van der Waals surface area (Å²) in [5.74, 6) is -0.243. The molecule has 1 fully saturated rings. The van der Waals surface area contributed by atoms with Gasteiger partial charge in [-0.3, -0.25) is 0 Å². The number of carbonyl (C=O) groups excluding carboxylic acids is 1. The number of esters is 1. The van der Waals surface area contributed by atoms with E-state index in [4.69, 9.17) is 17.0 Å². The van der Waals surface area contributed by atoms with Crippen molar-refractivity contribution < 1.29 is 9.53 Å². The summed E-state index contributed by atoms with van der Waals surface area (Å²) in [5, 5.41) is 0.706. The van der Waals surface area contributed by atoms with Crippen molar-refractivity contribution in [3.63, 3.8) is 0 Å². The third-order valence-electron chi connectivity index (χ3n) is 3.91. The van der Waals surface area contributed by atoms with Crippen LogP contribution in [-0.4, -0.2) is 41.7 Å². The maximum Gasteiger partial charge on any atom is 0.331 e. The normalized spacial score (nSPS) is 21.8. The molecule has 0 radical (unpaired) electrons. The number of carbonyl (C=O) groups is 1. The molecule has 0 amide bonds. The van der Waals surface area contributed by atoms with E-state index in [0.29, 0.717) is 5.11 Å². The molecule has 5 heteroatoms. The molecule has 0 bridgehead atoms. The Morgan fingerprint density at radius 3 is 2.57 bits per heavy atom. The number of hydrogen-bond acceptors (Lipinski definition) is 3. The molecule has 4 nitrogen and oxygen atoms in total. The minimum Gasteiger partial charge on any atom is -0.467 e. The second-order valence-electron chi connectivity index (χ2n) is 5.24. The van der Waals surface area contributed by atoms with Crippen molar-refractivity contribution in [3.8, 4) is 0 Å². The van der Waals surface area contributed by atoms with Crippen LogP contribution in [0.25, 0.3) is 0 Å². The van der Waals surface area contributed by atoms with Crippen molar-refractivity contribution in [1.82, 2.24) is 4.90 Å². The van der Waals surface area contributed by atoms with Crippen molar-refractivity contribution in [1.29, 1.82) is 0 Å². The molecule has 1 heterocycles. The highest BCUT2D eigenvalue weighted by Gasteiger charge is 2.45. The summed E-state index contributed by atoms with van der Waals surface area (Å²) >= 11 is 5.62. The van der Waals surface area contributed by atoms with Gasteiger partial charge in [0.2, 0.25) is 0 Å². The molecule has 2 rings (SSSR count). The Balaban J connectivity index is 2.35. The van der Waals surface area contributed by atoms with Crippen LogP contribution in [0, 0.1) is 0 Å². The number of nitrogens with zero attached hydrogens (tertiary/aromatic N) is 2. The van der Waals surface area contributed by atoms with Crippen LogP contribution in [0.15, 0.2) is 30.3 Å². The number of thiocarbonyl (C=S) groups is 1. The van der Waals surface area contributed by atoms with Crippen molar-refractivity contribution in [2.45, 2.75) is 38.8 Å². The molecule has 1 aromatic rings. The SMILES string of the molecule is CCCCN1C(=S)N(c2ccccc2)[C@H](C(=O)OC)[C@@H]1C. The Morgan fingerprint density at radius 2 is 2.00 bits per heavy atom. The summed E-state index contributed by atoms with van der Waals surface area (Å²) in [4.78, 5) is 16.3. The van der Waals surface area contributed by atoms with Crippen LogP contribution in [0.1, 0.15) is 26.7 Å². The monoisotopic (exact) mass is 306 g/mol. The van der Waals surface area contributed by atoms with E-state index in [-0.39, 0.29) is 18.1 Å². The number of rotatable bonds is 5. The molecular formula is C16H22N2O2S. The van der Waals surface area contributed by atoms with Gasteiger partial charge in [-0.2, -0.15) is 0 Å². The quantitative estimate of drug-likeness (QED) is 0.617. The Kier molecular flexibility index (Phi) is 5.17. The summed E-state index contributed by atoms with van der Waals surface area (Å²) in [6.07, 6.45) is 2.15. The topological polar surface area (TPSA) is 32.8 Å². The maximum atomic E-state index is 12.2. The third kappa shape index (κ3) is 3.02. The van der Waals surface area contributed by atoms with Gasteiger partial charge in [-0.05, 0) is 37.7 Å². The number of anilines is 1. The van der Waals surface area contributed by atoms with Crippen LogP contribution < -0.4 is 4.90 Å². The number of para-hydroxylation sites is 1. The van der Waals surface area contributed by atoms with Gasteiger partial charge in [-0.15, -0.1) is 0 Å². The summed E-state index contributed by atoms with van der Waals surface area (Å²) in [6.45, 7) is 5.05. The van der Waals surface area contributed by atoms with Crippen LogP contribution in [0.3, 0.4) is 0 Å². The first-order valence-corrected chi connectivity index (χ1v) is 7.75. The highest BCUT2D eigenvalue weighted by atomic mass is 32.1. The van der Waals surface area contributed by atoms with E-state index in [0.717, 1.165) is 25.1 Å². The van der Waals surface area contributed by atoms with Gasteiger partial charge in [0, 0.05) is 12.2 Å². The number of ether oxygens (including phenoxy) is 1. The molecule has 1 aromatic carbocycles. The lowest BCUT2D eigenvalue weighted by Crippen LogP contribution is -2.43. The summed E-state index contributed by atoms with van der Waals surface area (Å²) in [5.41, 5.74) is 0.934. The van der Waals surface area contributed by atoms with Crippen molar-refractivity contribution in [2.75, 3.05) is 18.6 Å². The second-order valence-corrected chi connectivity index (χ2v) is 5.61. The van der Waals surface area contributed by atoms with E-state index in [2.05, 4.69) is 11.8 Å². The fraction of sp³-hybridized carbons (Fsp3) is 0.500. The molecule has 114 valence electrons. The van der Waals surface area contributed by atoms with Gasteiger partial charge in [0.1, 0.15) is 0 Å². The van der Waals surface area contributed by atoms with E-state index < -0.39 is 0 Å². The van der Waals surface area contributed by atoms with E-state index in [1.54, 1.807) is 0 Å². The average Bonchev–Trinajstić information content (AvgIpc) is 2.76. The maximum absolute atomic E-state index is 12.2. The summed E-state index contributed by atoms with van der Waals surface area (Å²) in [6, 6.07) is 9.42. The van der Waals surface area contributed by atoms with Gasteiger partial charge in [0.05, 0.1) is 13.2 Å². The molecule has 0 spiro atoms. The molecule has 1 aliphatic rings. The Hall–Kier alpha value is -1.62. The standard InChI is InChI=1S/C16H22N2O2S/c1-4-5-11-17-12(2)14(15(19)20-3)18(16(17)21)13-9-7-6-8-10-13/h6-10,12,14H,4-5,11H2,1-3H3/t12-,14-/m0/s1. The van der Waals surface area contributed by atoms with Gasteiger partial charge < -0.3 is 14.5 Å². The Bertz CT molecular complexity index is 506. The molecule has 1 aliphatic heterocycles. The predicted octanol–water partition coefficient (Wildman–Crippen LogP) is 2.82. The summed E-state index contributed by atoms with van der Waals surface area (Å²) < 4.78 is 4.99.